The highest BCUT2D eigenvalue weighted by molar-refractivity contribution is 7.09. The lowest BCUT2D eigenvalue weighted by Crippen LogP contribution is -2.12. The molecule has 0 unspecified atom stereocenters. The largest absolute Gasteiger partial charge is 0.365 e. The van der Waals surface area contributed by atoms with Crippen molar-refractivity contribution < 1.29 is 0 Å². The Bertz CT molecular complexity index is 454. The molecule has 0 amide bonds. The molecule has 0 aliphatic heterocycles. The molecule has 0 radical (unpaired) electrons. The molecule has 6 heteroatoms. The second kappa shape index (κ2) is 4.91. The zero-order chi connectivity index (χ0) is 11.4. The lowest BCUT2D eigenvalue weighted by molar-refractivity contribution is 1.05. The van der Waals surface area contributed by atoms with Gasteiger partial charge in [-0.25, -0.2) is 10.8 Å². The lowest BCUT2D eigenvalue weighted by Gasteiger charge is -2.06. The number of thiophene rings is 1. The van der Waals surface area contributed by atoms with E-state index in [1.165, 1.54) is 4.88 Å². The van der Waals surface area contributed by atoms with Crippen molar-refractivity contribution in [3.05, 3.63) is 34.2 Å². The van der Waals surface area contributed by atoms with Gasteiger partial charge in [0.25, 0.3) is 0 Å². The van der Waals surface area contributed by atoms with E-state index in [-0.39, 0.29) is 0 Å². The molecule has 0 saturated heterocycles. The third-order valence-corrected chi connectivity index (χ3v) is 2.88. The standard InChI is InChI=1S/C10H13N5S/c1-7-5-9(14-10(13-7)15-11)12-6-8-3-2-4-16-8/h2-5H,6,11H2,1H3,(H2,12,13,14,15). The molecular formula is C10H13N5S. The van der Waals surface area contributed by atoms with Crippen LogP contribution >= 0.6 is 11.3 Å². The fraction of sp³-hybridized carbons (Fsp3) is 0.200. The van der Waals surface area contributed by atoms with E-state index in [2.05, 4.69) is 32.2 Å². The fourth-order valence-electron chi connectivity index (χ4n) is 1.31. The predicted octanol–water partition coefficient (Wildman–Crippen LogP) is 1.74. The molecule has 0 fully saturated rings. The van der Waals surface area contributed by atoms with Crippen LogP contribution < -0.4 is 16.6 Å². The van der Waals surface area contributed by atoms with Gasteiger partial charge in [-0.05, 0) is 18.4 Å². The highest BCUT2D eigenvalue weighted by atomic mass is 32.1. The quantitative estimate of drug-likeness (QED) is 0.556. The summed E-state index contributed by atoms with van der Waals surface area (Å²) in [6, 6.07) is 5.99. The van der Waals surface area contributed by atoms with Crippen LogP contribution in [0.5, 0.6) is 0 Å². The van der Waals surface area contributed by atoms with Crippen LogP contribution in [0.2, 0.25) is 0 Å². The smallest absolute Gasteiger partial charge is 0.239 e. The van der Waals surface area contributed by atoms with Gasteiger partial charge in [0.15, 0.2) is 0 Å². The molecule has 5 nitrogen and oxygen atoms in total. The van der Waals surface area contributed by atoms with Crippen LogP contribution in [-0.2, 0) is 6.54 Å². The minimum atomic E-state index is 0.425. The van der Waals surface area contributed by atoms with Gasteiger partial charge in [0.1, 0.15) is 5.82 Å². The minimum Gasteiger partial charge on any atom is -0.365 e. The van der Waals surface area contributed by atoms with Crippen LogP contribution in [0.25, 0.3) is 0 Å². The lowest BCUT2D eigenvalue weighted by atomic mass is 10.4. The second-order valence-electron chi connectivity index (χ2n) is 3.30. The van der Waals surface area contributed by atoms with Crippen molar-refractivity contribution in [2.24, 2.45) is 5.84 Å². The van der Waals surface area contributed by atoms with E-state index in [4.69, 9.17) is 5.84 Å². The summed E-state index contributed by atoms with van der Waals surface area (Å²) in [4.78, 5) is 9.57. The van der Waals surface area contributed by atoms with Crippen molar-refractivity contribution in [1.82, 2.24) is 9.97 Å². The molecule has 2 heterocycles. The predicted molar refractivity (Wildman–Crippen MR) is 66.2 cm³/mol. The zero-order valence-corrected chi connectivity index (χ0v) is 9.71. The van der Waals surface area contributed by atoms with Crippen LogP contribution in [0.15, 0.2) is 23.6 Å². The van der Waals surface area contributed by atoms with Crippen molar-refractivity contribution in [1.29, 1.82) is 0 Å². The molecule has 84 valence electrons. The summed E-state index contributed by atoms with van der Waals surface area (Å²) in [6.07, 6.45) is 0. The number of nitrogens with zero attached hydrogens (tertiary/aromatic N) is 2. The van der Waals surface area contributed by atoms with Crippen molar-refractivity contribution >= 4 is 23.1 Å². The van der Waals surface area contributed by atoms with Crippen LogP contribution in [0.3, 0.4) is 0 Å². The summed E-state index contributed by atoms with van der Waals surface area (Å²) >= 11 is 1.71. The number of aromatic nitrogens is 2. The molecular weight excluding hydrogens is 222 g/mol. The Kier molecular flexibility index (Phi) is 3.33. The van der Waals surface area contributed by atoms with Gasteiger partial charge < -0.3 is 5.32 Å². The van der Waals surface area contributed by atoms with Crippen LogP contribution in [0.4, 0.5) is 11.8 Å². The molecule has 2 rings (SSSR count). The van der Waals surface area contributed by atoms with Crippen LogP contribution in [0, 0.1) is 6.92 Å². The van der Waals surface area contributed by atoms with Gasteiger partial charge in [0.05, 0.1) is 6.54 Å². The SMILES string of the molecule is Cc1cc(NCc2cccs2)nc(NN)n1. The Balaban J connectivity index is 2.06. The Morgan fingerprint density at radius 3 is 3.00 bits per heavy atom. The van der Waals surface area contributed by atoms with E-state index < -0.39 is 0 Å². The van der Waals surface area contributed by atoms with Gasteiger partial charge in [-0.2, -0.15) is 4.98 Å². The second-order valence-corrected chi connectivity index (χ2v) is 4.33. The first kappa shape index (κ1) is 10.8. The molecule has 0 bridgehead atoms. The van der Waals surface area contributed by atoms with Gasteiger partial charge >= 0.3 is 0 Å². The van der Waals surface area contributed by atoms with E-state index in [9.17, 15) is 0 Å². The number of anilines is 2. The van der Waals surface area contributed by atoms with E-state index in [0.717, 1.165) is 18.1 Å². The summed E-state index contributed by atoms with van der Waals surface area (Å²) in [5.41, 5.74) is 3.31. The number of nitrogens with two attached hydrogens (primary N) is 1. The van der Waals surface area contributed by atoms with Gasteiger partial charge in [0, 0.05) is 16.6 Å². The van der Waals surface area contributed by atoms with Crippen molar-refractivity contribution in [2.45, 2.75) is 13.5 Å². The van der Waals surface area contributed by atoms with Crippen molar-refractivity contribution in [3.8, 4) is 0 Å². The fourth-order valence-corrected chi connectivity index (χ4v) is 1.96. The molecule has 4 N–H and O–H groups in total. The molecule has 2 aromatic rings. The first-order valence-electron chi connectivity index (χ1n) is 4.86. The Morgan fingerprint density at radius 1 is 1.44 bits per heavy atom. The Labute approximate surface area is 97.7 Å². The monoisotopic (exact) mass is 235 g/mol. The summed E-state index contributed by atoms with van der Waals surface area (Å²) in [7, 11) is 0. The maximum atomic E-state index is 5.28. The third kappa shape index (κ3) is 2.68. The van der Waals surface area contributed by atoms with Crippen LogP contribution in [-0.4, -0.2) is 9.97 Å². The van der Waals surface area contributed by atoms with Crippen molar-refractivity contribution in [3.63, 3.8) is 0 Å². The zero-order valence-electron chi connectivity index (χ0n) is 8.90. The average molecular weight is 235 g/mol. The highest BCUT2D eigenvalue weighted by Gasteiger charge is 2.00. The maximum absolute atomic E-state index is 5.28. The van der Waals surface area contributed by atoms with Crippen molar-refractivity contribution in [2.75, 3.05) is 10.7 Å². The number of hydrazine groups is 1. The van der Waals surface area contributed by atoms with Gasteiger partial charge in [-0.3, -0.25) is 5.43 Å². The number of nitrogens with one attached hydrogen (secondary N) is 2. The van der Waals surface area contributed by atoms with E-state index in [1.807, 2.05) is 19.1 Å². The first-order chi connectivity index (χ1) is 7.78. The number of hydrogen-bond donors (Lipinski definition) is 3. The molecule has 0 spiro atoms. The Hall–Kier alpha value is -1.66. The van der Waals surface area contributed by atoms with E-state index >= 15 is 0 Å². The molecule has 0 aliphatic carbocycles. The molecule has 0 aromatic carbocycles. The summed E-state index contributed by atoms with van der Waals surface area (Å²) < 4.78 is 0. The van der Waals surface area contributed by atoms with E-state index in [0.29, 0.717) is 5.95 Å². The molecule has 16 heavy (non-hydrogen) atoms. The summed E-state index contributed by atoms with van der Waals surface area (Å²) in [5, 5.41) is 5.28. The molecule has 0 aliphatic rings. The summed E-state index contributed by atoms with van der Waals surface area (Å²) in [5.74, 6) is 6.47. The molecule has 0 saturated carbocycles. The molecule has 0 atom stereocenters. The third-order valence-electron chi connectivity index (χ3n) is 2.01. The Morgan fingerprint density at radius 2 is 2.31 bits per heavy atom. The average Bonchev–Trinajstić information content (AvgIpc) is 2.78. The van der Waals surface area contributed by atoms with E-state index in [1.54, 1.807) is 11.3 Å². The molecule has 2 aromatic heterocycles. The minimum absolute atomic E-state index is 0.425. The van der Waals surface area contributed by atoms with Gasteiger partial charge in [-0.1, -0.05) is 6.07 Å². The maximum Gasteiger partial charge on any atom is 0.239 e. The van der Waals surface area contributed by atoms with Crippen LogP contribution in [0.1, 0.15) is 10.6 Å². The highest BCUT2D eigenvalue weighted by Crippen LogP contribution is 2.13. The number of aryl methyl sites for hydroxylation is 1. The van der Waals surface area contributed by atoms with Gasteiger partial charge in [-0.15, -0.1) is 11.3 Å². The topological polar surface area (TPSA) is 75.9 Å². The number of nitrogen functional groups attached to an aromatic ring is 1. The first-order valence-corrected chi connectivity index (χ1v) is 5.74. The summed E-state index contributed by atoms with van der Waals surface area (Å²) in [6.45, 7) is 2.66. The van der Waals surface area contributed by atoms with Gasteiger partial charge in [0.2, 0.25) is 5.95 Å². The normalized spacial score (nSPS) is 10.1. The number of rotatable bonds is 4. The number of hydrogen-bond acceptors (Lipinski definition) is 6.